The molecule has 0 aliphatic carbocycles. The third-order valence-corrected chi connectivity index (χ3v) is 4.63. The predicted octanol–water partition coefficient (Wildman–Crippen LogP) is 3.40. The molecule has 1 aliphatic heterocycles. The lowest BCUT2D eigenvalue weighted by molar-refractivity contribution is -0.142. The zero-order valence-electron chi connectivity index (χ0n) is 14.3. The summed E-state index contributed by atoms with van der Waals surface area (Å²) in [5, 5.41) is 3.38. The average Bonchev–Trinajstić information content (AvgIpc) is 3.12. The van der Waals surface area contributed by atoms with Crippen LogP contribution in [0.2, 0.25) is 0 Å². The second-order valence-electron chi connectivity index (χ2n) is 6.56. The lowest BCUT2D eigenvalue weighted by Crippen LogP contribution is -2.11. The van der Waals surface area contributed by atoms with Crippen molar-refractivity contribution in [3.05, 3.63) is 70.8 Å². The molecule has 0 radical (unpaired) electrons. The van der Waals surface area contributed by atoms with E-state index in [-0.39, 0.29) is 5.97 Å². The summed E-state index contributed by atoms with van der Waals surface area (Å²) in [5.74, 6) is 0.456. The summed E-state index contributed by atoms with van der Waals surface area (Å²) in [7, 11) is 0. The van der Waals surface area contributed by atoms with Gasteiger partial charge in [-0.05, 0) is 42.5 Å². The van der Waals surface area contributed by atoms with Crippen LogP contribution >= 0.6 is 0 Å². The predicted molar refractivity (Wildman–Crippen MR) is 96.2 cm³/mol. The van der Waals surface area contributed by atoms with E-state index in [0.29, 0.717) is 18.9 Å². The van der Waals surface area contributed by atoms with Crippen molar-refractivity contribution in [1.29, 1.82) is 0 Å². The molecule has 3 heteroatoms. The molecule has 1 unspecified atom stereocenters. The number of carbonyl (C=O) groups is 1. The van der Waals surface area contributed by atoms with Gasteiger partial charge in [0.15, 0.2) is 0 Å². The highest BCUT2D eigenvalue weighted by atomic mass is 16.5. The van der Waals surface area contributed by atoms with Gasteiger partial charge in [0.2, 0.25) is 0 Å². The number of nitrogens with one attached hydrogen (secondary N) is 1. The molecule has 1 fully saturated rings. The van der Waals surface area contributed by atoms with Gasteiger partial charge in [-0.1, -0.05) is 54.1 Å². The summed E-state index contributed by atoms with van der Waals surface area (Å²) in [6, 6.07) is 16.7. The number of rotatable bonds is 6. The molecule has 1 aliphatic rings. The molecular weight excluding hydrogens is 298 g/mol. The molecule has 3 nitrogen and oxygen atoms in total. The smallest absolute Gasteiger partial charge is 0.310 e. The van der Waals surface area contributed by atoms with Crippen LogP contribution in [0.5, 0.6) is 0 Å². The van der Waals surface area contributed by atoms with Crippen molar-refractivity contribution in [2.24, 2.45) is 0 Å². The molecule has 2 aromatic carbocycles. The molecular formula is C21H25NO2. The maximum Gasteiger partial charge on any atom is 0.310 e. The summed E-state index contributed by atoms with van der Waals surface area (Å²) < 4.78 is 5.36. The molecule has 3 rings (SSSR count). The Balaban J connectivity index is 1.43. The van der Waals surface area contributed by atoms with Crippen molar-refractivity contribution >= 4 is 5.97 Å². The maximum absolute atomic E-state index is 12.0. The summed E-state index contributed by atoms with van der Waals surface area (Å²) >= 11 is 0. The van der Waals surface area contributed by atoms with Gasteiger partial charge in [0.1, 0.15) is 0 Å². The van der Waals surface area contributed by atoms with E-state index in [9.17, 15) is 4.79 Å². The number of benzene rings is 2. The van der Waals surface area contributed by atoms with Gasteiger partial charge in [-0.15, -0.1) is 0 Å². The molecule has 0 amide bonds. The van der Waals surface area contributed by atoms with E-state index >= 15 is 0 Å². The van der Waals surface area contributed by atoms with E-state index in [0.717, 1.165) is 25.1 Å². The monoisotopic (exact) mass is 323 g/mol. The first-order valence-electron chi connectivity index (χ1n) is 8.71. The van der Waals surface area contributed by atoms with Gasteiger partial charge >= 0.3 is 5.97 Å². The van der Waals surface area contributed by atoms with Crippen LogP contribution in [0.3, 0.4) is 0 Å². The molecule has 0 spiro atoms. The minimum absolute atomic E-state index is 0.155. The van der Waals surface area contributed by atoms with Crippen LogP contribution in [-0.4, -0.2) is 25.7 Å². The Labute approximate surface area is 144 Å². The SMILES string of the molecule is Cc1ccc(CCOC(=O)Cc2ccc(C3CCNC3)cc2)cc1. The zero-order valence-corrected chi connectivity index (χ0v) is 14.3. The van der Waals surface area contributed by atoms with Gasteiger partial charge in [-0.2, -0.15) is 0 Å². The molecule has 0 bridgehead atoms. The number of carbonyl (C=O) groups excluding carboxylic acids is 1. The summed E-state index contributed by atoms with van der Waals surface area (Å²) in [6.07, 6.45) is 2.30. The van der Waals surface area contributed by atoms with Crippen LogP contribution in [-0.2, 0) is 22.4 Å². The first-order valence-corrected chi connectivity index (χ1v) is 8.71. The van der Waals surface area contributed by atoms with Gasteiger partial charge in [0, 0.05) is 13.0 Å². The van der Waals surface area contributed by atoms with Crippen molar-refractivity contribution < 1.29 is 9.53 Å². The molecule has 2 aromatic rings. The number of hydrogen-bond acceptors (Lipinski definition) is 3. The Bertz CT molecular complexity index is 655. The largest absolute Gasteiger partial charge is 0.465 e. The standard InChI is InChI=1S/C21H25NO2/c1-16-2-4-17(5-3-16)11-13-24-21(23)14-18-6-8-19(9-7-18)20-10-12-22-15-20/h2-9,20,22H,10-15H2,1H3. The Kier molecular flexibility index (Phi) is 5.65. The molecule has 1 atom stereocenters. The maximum atomic E-state index is 12.0. The molecule has 1 saturated heterocycles. The Morgan fingerprint density at radius 2 is 1.79 bits per heavy atom. The third kappa shape index (κ3) is 4.68. The number of aryl methyl sites for hydroxylation is 1. The summed E-state index contributed by atoms with van der Waals surface area (Å²) in [4.78, 5) is 12.0. The Hall–Kier alpha value is -2.13. The normalized spacial score (nSPS) is 17.0. The highest BCUT2D eigenvalue weighted by Crippen LogP contribution is 2.22. The lowest BCUT2D eigenvalue weighted by atomic mass is 9.97. The summed E-state index contributed by atoms with van der Waals surface area (Å²) in [5.41, 5.74) is 4.82. The van der Waals surface area contributed by atoms with Crippen LogP contribution in [0.25, 0.3) is 0 Å². The fourth-order valence-electron chi connectivity index (χ4n) is 3.10. The van der Waals surface area contributed by atoms with E-state index in [1.54, 1.807) is 0 Å². The molecule has 1 N–H and O–H groups in total. The van der Waals surface area contributed by atoms with Gasteiger partial charge < -0.3 is 10.1 Å². The van der Waals surface area contributed by atoms with Crippen molar-refractivity contribution in [1.82, 2.24) is 5.32 Å². The first kappa shape index (κ1) is 16.7. The van der Waals surface area contributed by atoms with E-state index < -0.39 is 0 Å². The van der Waals surface area contributed by atoms with Crippen LogP contribution in [0.15, 0.2) is 48.5 Å². The van der Waals surface area contributed by atoms with Crippen molar-refractivity contribution in [2.45, 2.75) is 32.1 Å². The fourth-order valence-corrected chi connectivity index (χ4v) is 3.10. The minimum Gasteiger partial charge on any atom is -0.465 e. The van der Waals surface area contributed by atoms with Gasteiger partial charge in [-0.3, -0.25) is 4.79 Å². The lowest BCUT2D eigenvalue weighted by Gasteiger charge is -2.10. The molecule has 0 aromatic heterocycles. The van der Waals surface area contributed by atoms with Crippen molar-refractivity contribution in [3.63, 3.8) is 0 Å². The fraction of sp³-hybridized carbons (Fsp3) is 0.381. The highest BCUT2D eigenvalue weighted by molar-refractivity contribution is 5.72. The van der Waals surface area contributed by atoms with Crippen molar-refractivity contribution in [3.8, 4) is 0 Å². The van der Waals surface area contributed by atoms with E-state index in [2.05, 4.69) is 60.8 Å². The van der Waals surface area contributed by atoms with Gasteiger partial charge in [-0.25, -0.2) is 0 Å². The van der Waals surface area contributed by atoms with Gasteiger partial charge in [0.25, 0.3) is 0 Å². The Morgan fingerprint density at radius 3 is 2.46 bits per heavy atom. The first-order chi connectivity index (χ1) is 11.7. The Morgan fingerprint density at radius 1 is 1.08 bits per heavy atom. The van der Waals surface area contributed by atoms with E-state index in [4.69, 9.17) is 4.74 Å². The molecule has 24 heavy (non-hydrogen) atoms. The average molecular weight is 323 g/mol. The topological polar surface area (TPSA) is 38.3 Å². The number of ether oxygens (including phenoxy) is 1. The van der Waals surface area contributed by atoms with E-state index in [1.807, 2.05) is 0 Å². The van der Waals surface area contributed by atoms with Crippen LogP contribution in [0.4, 0.5) is 0 Å². The molecule has 1 heterocycles. The van der Waals surface area contributed by atoms with Crippen LogP contribution < -0.4 is 5.32 Å². The second kappa shape index (κ2) is 8.11. The molecule has 0 saturated carbocycles. The number of hydrogen-bond donors (Lipinski definition) is 1. The summed E-state index contributed by atoms with van der Waals surface area (Å²) in [6.45, 7) is 4.66. The zero-order chi connectivity index (χ0) is 16.8. The highest BCUT2D eigenvalue weighted by Gasteiger charge is 2.16. The second-order valence-corrected chi connectivity index (χ2v) is 6.56. The quantitative estimate of drug-likeness (QED) is 0.828. The third-order valence-electron chi connectivity index (χ3n) is 4.63. The van der Waals surface area contributed by atoms with Gasteiger partial charge in [0.05, 0.1) is 13.0 Å². The molecule has 126 valence electrons. The minimum atomic E-state index is -0.155. The van der Waals surface area contributed by atoms with E-state index in [1.165, 1.54) is 23.1 Å². The van der Waals surface area contributed by atoms with Crippen LogP contribution in [0.1, 0.15) is 34.6 Å². The van der Waals surface area contributed by atoms with Crippen molar-refractivity contribution in [2.75, 3.05) is 19.7 Å². The van der Waals surface area contributed by atoms with Crippen LogP contribution in [0, 0.1) is 6.92 Å². The number of esters is 1.